The molecule has 0 amide bonds. The molecule has 20 heavy (non-hydrogen) atoms. The fraction of sp³-hybridized carbons (Fsp3) is 0.400. The van der Waals surface area contributed by atoms with E-state index in [0.717, 1.165) is 34.2 Å². The van der Waals surface area contributed by atoms with Gasteiger partial charge in [0, 0.05) is 23.1 Å². The van der Waals surface area contributed by atoms with Crippen molar-refractivity contribution in [2.24, 2.45) is 5.73 Å². The van der Waals surface area contributed by atoms with Crippen molar-refractivity contribution in [3.05, 3.63) is 39.8 Å². The molecule has 0 spiro atoms. The topological polar surface area (TPSA) is 57.4 Å². The van der Waals surface area contributed by atoms with E-state index in [9.17, 15) is 0 Å². The molecule has 0 radical (unpaired) electrons. The Morgan fingerprint density at radius 3 is 2.80 bits per heavy atom. The molecule has 5 heteroatoms. The Morgan fingerprint density at radius 1 is 1.40 bits per heavy atom. The molecule has 2 N–H and O–H groups in total. The standard InChI is InChI=1S/C15H20N2O2S/c1-4-15-17-11(9-20-15)8-19-14-7-12(18-3)5-6-13(14)10(2)16/h5-7,9-10H,4,8,16H2,1-3H3. The molecule has 1 heterocycles. The van der Waals surface area contributed by atoms with E-state index in [2.05, 4.69) is 11.9 Å². The number of benzene rings is 1. The average Bonchev–Trinajstić information content (AvgIpc) is 2.92. The molecular formula is C15H20N2O2S. The Hall–Kier alpha value is -1.59. The van der Waals surface area contributed by atoms with Crippen molar-refractivity contribution in [1.82, 2.24) is 4.98 Å². The van der Waals surface area contributed by atoms with Crippen LogP contribution in [0.25, 0.3) is 0 Å². The largest absolute Gasteiger partial charge is 0.497 e. The number of nitrogens with zero attached hydrogens (tertiary/aromatic N) is 1. The second-order valence-corrected chi connectivity index (χ2v) is 5.51. The number of rotatable bonds is 6. The van der Waals surface area contributed by atoms with Crippen molar-refractivity contribution in [3.63, 3.8) is 0 Å². The molecule has 1 unspecified atom stereocenters. The van der Waals surface area contributed by atoms with Crippen LogP contribution in [0.5, 0.6) is 11.5 Å². The summed E-state index contributed by atoms with van der Waals surface area (Å²) in [4.78, 5) is 4.49. The molecule has 0 aliphatic rings. The third-order valence-electron chi connectivity index (χ3n) is 2.99. The number of thiazole rings is 1. The number of ether oxygens (including phenoxy) is 2. The first-order chi connectivity index (χ1) is 9.63. The highest BCUT2D eigenvalue weighted by Crippen LogP contribution is 2.29. The van der Waals surface area contributed by atoms with Gasteiger partial charge in [0.15, 0.2) is 0 Å². The molecule has 0 saturated heterocycles. The second kappa shape index (κ2) is 6.72. The van der Waals surface area contributed by atoms with E-state index in [1.54, 1.807) is 18.4 Å². The molecule has 2 aromatic rings. The lowest BCUT2D eigenvalue weighted by Gasteiger charge is -2.14. The SMILES string of the molecule is CCc1nc(COc2cc(OC)ccc2C(C)N)cs1. The molecule has 0 saturated carbocycles. The molecular weight excluding hydrogens is 272 g/mol. The maximum atomic E-state index is 5.97. The van der Waals surface area contributed by atoms with E-state index in [1.807, 2.05) is 30.5 Å². The van der Waals surface area contributed by atoms with Gasteiger partial charge in [-0.25, -0.2) is 4.98 Å². The van der Waals surface area contributed by atoms with E-state index in [0.29, 0.717) is 6.61 Å². The van der Waals surface area contributed by atoms with Crippen LogP contribution >= 0.6 is 11.3 Å². The lowest BCUT2D eigenvalue weighted by atomic mass is 10.1. The van der Waals surface area contributed by atoms with E-state index in [-0.39, 0.29) is 6.04 Å². The van der Waals surface area contributed by atoms with Gasteiger partial charge in [0.2, 0.25) is 0 Å². The fourth-order valence-corrected chi connectivity index (χ4v) is 2.60. The van der Waals surface area contributed by atoms with Gasteiger partial charge in [-0.05, 0) is 19.4 Å². The minimum Gasteiger partial charge on any atom is -0.497 e. The first-order valence-corrected chi connectivity index (χ1v) is 7.51. The molecule has 0 aliphatic carbocycles. The summed E-state index contributed by atoms with van der Waals surface area (Å²) in [6.07, 6.45) is 0.953. The highest BCUT2D eigenvalue weighted by Gasteiger charge is 2.11. The van der Waals surface area contributed by atoms with Crippen LogP contribution in [-0.2, 0) is 13.0 Å². The Labute approximate surface area is 123 Å². The van der Waals surface area contributed by atoms with Crippen LogP contribution in [0.1, 0.15) is 36.2 Å². The van der Waals surface area contributed by atoms with Crippen LogP contribution in [0.4, 0.5) is 0 Å². The van der Waals surface area contributed by atoms with Gasteiger partial charge in [-0.2, -0.15) is 0 Å². The summed E-state index contributed by atoms with van der Waals surface area (Å²) in [5, 5.41) is 3.16. The van der Waals surface area contributed by atoms with Gasteiger partial charge in [0.1, 0.15) is 18.1 Å². The minimum atomic E-state index is -0.0856. The first-order valence-electron chi connectivity index (χ1n) is 6.63. The maximum absolute atomic E-state index is 5.97. The van der Waals surface area contributed by atoms with Crippen LogP contribution in [0, 0.1) is 0 Å². The zero-order valence-corrected chi connectivity index (χ0v) is 12.9. The van der Waals surface area contributed by atoms with Crippen molar-refractivity contribution >= 4 is 11.3 Å². The van der Waals surface area contributed by atoms with E-state index in [4.69, 9.17) is 15.2 Å². The fourth-order valence-electron chi connectivity index (χ4n) is 1.87. The lowest BCUT2D eigenvalue weighted by molar-refractivity contribution is 0.295. The van der Waals surface area contributed by atoms with Gasteiger partial charge >= 0.3 is 0 Å². The van der Waals surface area contributed by atoms with Crippen molar-refractivity contribution in [3.8, 4) is 11.5 Å². The van der Waals surface area contributed by atoms with E-state index >= 15 is 0 Å². The van der Waals surface area contributed by atoms with Crippen molar-refractivity contribution < 1.29 is 9.47 Å². The van der Waals surface area contributed by atoms with Gasteiger partial charge in [-0.1, -0.05) is 13.0 Å². The Morgan fingerprint density at radius 2 is 2.20 bits per heavy atom. The first kappa shape index (κ1) is 14.8. The predicted molar refractivity (Wildman–Crippen MR) is 81.4 cm³/mol. The lowest BCUT2D eigenvalue weighted by Crippen LogP contribution is -2.08. The molecule has 0 fully saturated rings. The Balaban J connectivity index is 2.14. The molecule has 0 bridgehead atoms. The summed E-state index contributed by atoms with van der Waals surface area (Å²) < 4.78 is 11.1. The summed E-state index contributed by atoms with van der Waals surface area (Å²) in [5.74, 6) is 1.52. The van der Waals surface area contributed by atoms with Gasteiger partial charge in [0.25, 0.3) is 0 Å². The summed E-state index contributed by atoms with van der Waals surface area (Å²) in [7, 11) is 1.64. The molecule has 2 rings (SSSR count). The zero-order chi connectivity index (χ0) is 14.5. The van der Waals surface area contributed by atoms with Crippen LogP contribution < -0.4 is 15.2 Å². The number of aromatic nitrogens is 1. The van der Waals surface area contributed by atoms with Gasteiger partial charge in [-0.15, -0.1) is 11.3 Å². The number of hydrogen-bond acceptors (Lipinski definition) is 5. The van der Waals surface area contributed by atoms with E-state index < -0.39 is 0 Å². The van der Waals surface area contributed by atoms with E-state index in [1.165, 1.54) is 0 Å². The molecule has 4 nitrogen and oxygen atoms in total. The number of aryl methyl sites for hydroxylation is 1. The Kier molecular flexibility index (Phi) is 4.98. The number of methoxy groups -OCH3 is 1. The summed E-state index contributed by atoms with van der Waals surface area (Å²) in [5.41, 5.74) is 7.88. The number of nitrogens with two attached hydrogens (primary N) is 1. The zero-order valence-electron chi connectivity index (χ0n) is 12.1. The van der Waals surface area contributed by atoms with Crippen molar-refractivity contribution in [2.75, 3.05) is 7.11 Å². The highest BCUT2D eigenvalue weighted by atomic mass is 32.1. The summed E-state index contributed by atoms with van der Waals surface area (Å²) in [6, 6.07) is 5.62. The Bertz CT molecular complexity index is 567. The predicted octanol–water partition coefficient (Wildman–Crippen LogP) is 3.31. The average molecular weight is 292 g/mol. The maximum Gasteiger partial charge on any atom is 0.131 e. The molecule has 108 valence electrons. The van der Waals surface area contributed by atoms with Gasteiger partial charge in [0.05, 0.1) is 17.8 Å². The summed E-state index contributed by atoms with van der Waals surface area (Å²) in [6.45, 7) is 4.48. The van der Waals surface area contributed by atoms with Gasteiger partial charge in [-0.3, -0.25) is 0 Å². The third kappa shape index (κ3) is 3.49. The van der Waals surface area contributed by atoms with Crippen molar-refractivity contribution in [1.29, 1.82) is 0 Å². The molecule has 1 aromatic heterocycles. The van der Waals surface area contributed by atoms with Crippen LogP contribution in [0.15, 0.2) is 23.6 Å². The molecule has 1 atom stereocenters. The smallest absolute Gasteiger partial charge is 0.131 e. The normalized spacial score (nSPS) is 12.2. The number of hydrogen-bond donors (Lipinski definition) is 1. The third-order valence-corrected chi connectivity index (χ3v) is 4.03. The summed E-state index contributed by atoms with van der Waals surface area (Å²) >= 11 is 1.66. The van der Waals surface area contributed by atoms with Crippen LogP contribution in [0.3, 0.4) is 0 Å². The monoisotopic (exact) mass is 292 g/mol. The second-order valence-electron chi connectivity index (χ2n) is 4.57. The molecule has 0 aliphatic heterocycles. The highest BCUT2D eigenvalue weighted by molar-refractivity contribution is 7.09. The van der Waals surface area contributed by atoms with Gasteiger partial charge < -0.3 is 15.2 Å². The van der Waals surface area contributed by atoms with Crippen LogP contribution in [-0.4, -0.2) is 12.1 Å². The molecule has 1 aromatic carbocycles. The van der Waals surface area contributed by atoms with Crippen molar-refractivity contribution in [2.45, 2.75) is 32.9 Å². The minimum absolute atomic E-state index is 0.0856. The van der Waals surface area contributed by atoms with Crippen LogP contribution in [0.2, 0.25) is 0 Å². The quantitative estimate of drug-likeness (QED) is 0.887.